The number of benzene rings is 1. The molecule has 2 fully saturated rings. The minimum atomic E-state index is -3.08. The summed E-state index contributed by atoms with van der Waals surface area (Å²) in [5, 5.41) is 41.9. The molecular weight excluding hydrogens is 580 g/mol. The summed E-state index contributed by atoms with van der Waals surface area (Å²) >= 11 is 1.52. The van der Waals surface area contributed by atoms with Crippen LogP contribution in [0.2, 0.25) is 0 Å². The molecule has 1 aromatic carbocycles. The van der Waals surface area contributed by atoms with Gasteiger partial charge in [0.1, 0.15) is 5.75 Å². The van der Waals surface area contributed by atoms with Crippen LogP contribution in [0, 0.1) is 23.7 Å². The fourth-order valence-corrected chi connectivity index (χ4v) is 7.67. The number of phenolic OH excluding ortho intramolecular Hbond substituents is 1. The zero-order valence-corrected chi connectivity index (χ0v) is 24.4. The second-order valence-electron chi connectivity index (χ2n) is 11.5. The highest BCUT2D eigenvalue weighted by atomic mass is 32.1. The van der Waals surface area contributed by atoms with Gasteiger partial charge in [-0.2, -0.15) is 0 Å². The second kappa shape index (κ2) is 11.0. The van der Waals surface area contributed by atoms with Crippen molar-refractivity contribution in [3.8, 4) is 5.75 Å². The Balaban J connectivity index is 1.50. The lowest BCUT2D eigenvalue weighted by Gasteiger charge is -2.56. The molecule has 14 heteroatoms. The first-order chi connectivity index (χ1) is 20.2. The smallest absolute Gasteiger partial charge is 0.238 e. The van der Waals surface area contributed by atoms with E-state index in [4.69, 9.17) is 5.73 Å². The van der Waals surface area contributed by atoms with Crippen LogP contribution in [0.4, 0.5) is 5.69 Å². The van der Waals surface area contributed by atoms with Crippen molar-refractivity contribution in [1.82, 2.24) is 10.2 Å². The highest BCUT2D eigenvalue weighted by Gasteiger charge is 2.72. The van der Waals surface area contributed by atoms with E-state index >= 15 is 0 Å². The van der Waals surface area contributed by atoms with Crippen LogP contribution in [0.25, 0.3) is 0 Å². The number of aromatic hydroxyl groups is 1. The molecule has 228 valence electrons. The molecule has 3 aliphatic carbocycles. The summed E-state index contributed by atoms with van der Waals surface area (Å²) in [6.45, 7) is 1.96. The van der Waals surface area contributed by atoms with Crippen LogP contribution in [0.5, 0.6) is 5.75 Å². The number of ketones is 4. The van der Waals surface area contributed by atoms with E-state index in [0.717, 1.165) is 4.88 Å². The first kappa shape index (κ1) is 30.6. The van der Waals surface area contributed by atoms with Crippen molar-refractivity contribution in [2.45, 2.75) is 37.1 Å². The maximum absolute atomic E-state index is 14.0. The highest BCUT2D eigenvalue weighted by molar-refractivity contribution is 7.09. The predicted molar refractivity (Wildman–Crippen MR) is 152 cm³/mol. The van der Waals surface area contributed by atoms with E-state index < -0.39 is 88.0 Å². The number of carbonyl (C=O) groups is 6. The number of hydrogen-bond donors (Lipinski definition) is 6. The van der Waals surface area contributed by atoms with Gasteiger partial charge in [-0.25, -0.2) is 0 Å². The fourth-order valence-electron chi connectivity index (χ4n) is 7.00. The van der Waals surface area contributed by atoms with Gasteiger partial charge in [0, 0.05) is 17.3 Å². The average Bonchev–Trinajstić information content (AvgIpc) is 3.45. The number of aliphatic hydroxyl groups is 2. The van der Waals surface area contributed by atoms with E-state index in [1.807, 2.05) is 17.5 Å². The number of Topliss-reactive ketones (excluding diaryl/α,β-unsaturated/α-hetero) is 4. The van der Waals surface area contributed by atoms with Crippen LogP contribution in [0.3, 0.4) is 0 Å². The molecule has 2 saturated carbocycles. The van der Waals surface area contributed by atoms with Gasteiger partial charge in [0.2, 0.25) is 11.8 Å². The Bertz CT molecular complexity index is 1540. The summed E-state index contributed by atoms with van der Waals surface area (Å²) in [6.07, 6.45) is -1.72. The largest absolute Gasteiger partial charge is 0.505 e. The van der Waals surface area contributed by atoms with Crippen molar-refractivity contribution in [1.29, 1.82) is 0 Å². The highest BCUT2D eigenvalue weighted by Crippen LogP contribution is 2.55. The number of anilines is 1. The molecule has 6 unspecified atom stereocenters. The molecule has 2 aromatic rings. The molecular formula is C29H32N4O9S. The number of likely N-dealkylation sites (N-methyl/N-ethyl adjacent to an activating group) is 1. The van der Waals surface area contributed by atoms with Gasteiger partial charge in [-0.3, -0.25) is 33.7 Å². The lowest BCUT2D eigenvalue weighted by Crippen LogP contribution is -2.77. The normalized spacial score (nSPS) is 31.8. The Morgan fingerprint density at radius 1 is 1.12 bits per heavy atom. The van der Waals surface area contributed by atoms with Crippen molar-refractivity contribution in [3.05, 3.63) is 45.6 Å². The van der Waals surface area contributed by atoms with Crippen LogP contribution in [0.15, 0.2) is 29.6 Å². The van der Waals surface area contributed by atoms with E-state index in [-0.39, 0.29) is 23.4 Å². The van der Waals surface area contributed by atoms with Gasteiger partial charge in [0.15, 0.2) is 34.7 Å². The molecule has 0 radical (unpaired) electrons. The maximum Gasteiger partial charge on any atom is 0.238 e. The second-order valence-corrected chi connectivity index (χ2v) is 12.6. The van der Waals surface area contributed by atoms with Crippen molar-refractivity contribution in [3.63, 3.8) is 0 Å². The minimum absolute atomic E-state index is 0.0955. The Kier molecular flexibility index (Phi) is 7.86. The van der Waals surface area contributed by atoms with Crippen molar-refractivity contribution < 1.29 is 44.1 Å². The molecule has 0 saturated heterocycles. The Morgan fingerprint density at radius 3 is 2.42 bits per heavy atom. The van der Waals surface area contributed by atoms with Crippen molar-refractivity contribution >= 4 is 52.0 Å². The summed E-state index contributed by atoms with van der Waals surface area (Å²) in [5.74, 6) is -14.8. The average molecular weight is 613 g/mol. The number of aliphatic hydroxyl groups excluding tert-OH is 1. The number of amides is 2. The van der Waals surface area contributed by atoms with E-state index in [1.165, 1.54) is 42.5 Å². The van der Waals surface area contributed by atoms with E-state index in [2.05, 4.69) is 10.6 Å². The molecule has 5 rings (SSSR count). The summed E-state index contributed by atoms with van der Waals surface area (Å²) in [7, 11) is 2.85. The summed E-state index contributed by atoms with van der Waals surface area (Å²) < 4.78 is 0. The van der Waals surface area contributed by atoms with Crippen molar-refractivity contribution in [2.24, 2.45) is 29.4 Å². The number of nitrogens with one attached hydrogen (secondary N) is 2. The third-order valence-electron chi connectivity index (χ3n) is 8.93. The topological polar surface area (TPSA) is 216 Å². The standard InChI is InChI=1S/C29H32N4O9S/c1-11-13-6-7-14(32-15(34)10-31-9-12-5-4-8-43-12)22(35)17(13)23(36)18-16(11)24(37)20-21(33(2)3)25(38)19(28(30)41)27(40)29(20,42)26(18)39/h4-8,11,16,18-21,24,31,35,37,42H,9-10H2,1-3H3,(H2,30,41)(H,32,34)/t11?,16?,18?,19?,20?,21-,24?,29-/m0/s1. The van der Waals surface area contributed by atoms with Gasteiger partial charge in [-0.15, -0.1) is 11.3 Å². The zero-order valence-electron chi connectivity index (χ0n) is 23.6. The number of nitrogens with two attached hydrogens (primary N) is 1. The van der Waals surface area contributed by atoms with Crippen LogP contribution in [-0.4, -0.2) is 93.6 Å². The number of primary amides is 1. The summed E-state index contributed by atoms with van der Waals surface area (Å²) in [6, 6.07) is 5.23. The fraction of sp³-hybridized carbons (Fsp3) is 0.448. The van der Waals surface area contributed by atoms with Gasteiger partial charge in [0.05, 0.1) is 41.8 Å². The predicted octanol–water partition coefficient (Wildman–Crippen LogP) is -0.811. The molecule has 0 aliphatic heterocycles. The molecule has 3 aliphatic rings. The number of fused-ring (bicyclic) bond motifs is 3. The zero-order chi connectivity index (χ0) is 31.5. The number of rotatable bonds is 7. The molecule has 8 atom stereocenters. The van der Waals surface area contributed by atoms with Gasteiger partial charge in [-0.05, 0) is 43.1 Å². The van der Waals surface area contributed by atoms with Gasteiger partial charge >= 0.3 is 0 Å². The molecule has 43 heavy (non-hydrogen) atoms. The first-order valence-electron chi connectivity index (χ1n) is 13.6. The third-order valence-corrected chi connectivity index (χ3v) is 9.80. The van der Waals surface area contributed by atoms with Crippen LogP contribution in [0.1, 0.15) is 33.6 Å². The number of thiophene rings is 1. The molecule has 13 nitrogen and oxygen atoms in total. The third kappa shape index (κ3) is 4.60. The lowest BCUT2D eigenvalue weighted by atomic mass is 9.49. The van der Waals surface area contributed by atoms with Crippen LogP contribution < -0.4 is 16.4 Å². The number of hydrogen-bond acceptors (Lipinski definition) is 12. The minimum Gasteiger partial charge on any atom is -0.505 e. The first-order valence-corrected chi connectivity index (χ1v) is 14.5. The Morgan fingerprint density at radius 2 is 1.81 bits per heavy atom. The van der Waals surface area contributed by atoms with E-state index in [1.54, 1.807) is 6.92 Å². The number of phenols is 1. The molecule has 0 spiro atoms. The maximum atomic E-state index is 14.0. The van der Waals surface area contributed by atoms with Gasteiger partial charge in [-0.1, -0.05) is 19.1 Å². The van der Waals surface area contributed by atoms with E-state index in [0.29, 0.717) is 6.54 Å². The molecule has 2 amide bonds. The molecule has 7 N–H and O–H groups in total. The van der Waals surface area contributed by atoms with Gasteiger partial charge < -0.3 is 31.7 Å². The van der Waals surface area contributed by atoms with Crippen LogP contribution in [-0.2, 0) is 30.5 Å². The number of carbonyl (C=O) groups excluding carboxylic acids is 6. The van der Waals surface area contributed by atoms with Crippen molar-refractivity contribution in [2.75, 3.05) is 26.0 Å². The Hall–Kier alpha value is -3.82. The molecule has 1 heterocycles. The quantitative estimate of drug-likeness (QED) is 0.168. The molecule has 0 bridgehead atoms. The van der Waals surface area contributed by atoms with E-state index in [9.17, 15) is 44.1 Å². The lowest BCUT2D eigenvalue weighted by molar-refractivity contribution is -0.196. The summed E-state index contributed by atoms with van der Waals surface area (Å²) in [5.41, 5.74) is 2.13. The Labute approximate surface area is 250 Å². The molecule has 1 aromatic heterocycles. The SMILES string of the molecule is CC1c2ccc(NC(=O)CNCc3cccs3)c(O)c2C(=O)C2C(=O)[C@]3(O)C(=O)C(C(N)=O)C(=O)[C@@H](N(C)C)C3C(O)C21. The van der Waals surface area contributed by atoms with Gasteiger partial charge in [0.25, 0.3) is 0 Å². The monoisotopic (exact) mass is 612 g/mol. The summed E-state index contributed by atoms with van der Waals surface area (Å²) in [4.78, 5) is 81.6. The number of nitrogens with zero attached hydrogens (tertiary/aromatic N) is 1. The van der Waals surface area contributed by atoms with Crippen LogP contribution >= 0.6 is 11.3 Å².